The molecule has 2 aliphatic carbocycles. The summed E-state index contributed by atoms with van der Waals surface area (Å²) >= 11 is 0. The van der Waals surface area contributed by atoms with Crippen LogP contribution in [0.2, 0.25) is 0 Å². The van der Waals surface area contributed by atoms with Crippen LogP contribution in [0.1, 0.15) is 94.6 Å². The molecule has 4 unspecified atom stereocenters. The molecule has 0 amide bonds. The van der Waals surface area contributed by atoms with Gasteiger partial charge in [-0.25, -0.2) is 28.3 Å². The maximum Gasteiger partial charge on any atom is 0.341 e. The molecule has 0 saturated heterocycles. The van der Waals surface area contributed by atoms with E-state index >= 15 is 0 Å². The molecule has 12 nitrogen and oxygen atoms in total. The first kappa shape index (κ1) is 44.7. The van der Waals surface area contributed by atoms with Gasteiger partial charge >= 0.3 is 11.9 Å². The minimum absolute atomic E-state index is 0.0113. The average molecular weight is 865 g/mol. The van der Waals surface area contributed by atoms with E-state index in [2.05, 4.69) is 9.97 Å². The fraction of sp³-hybridized carbons (Fsp3) is 0.347. The van der Waals surface area contributed by atoms with Gasteiger partial charge in [0.15, 0.2) is 0 Å². The van der Waals surface area contributed by atoms with E-state index in [1.165, 1.54) is 31.4 Å². The third-order valence-electron chi connectivity index (χ3n) is 11.0. The molecule has 0 aliphatic heterocycles. The van der Waals surface area contributed by atoms with E-state index in [9.17, 15) is 23.5 Å². The van der Waals surface area contributed by atoms with Crippen LogP contribution in [0.15, 0.2) is 106 Å². The molecule has 8 rings (SSSR count). The van der Waals surface area contributed by atoms with E-state index in [1.807, 2.05) is 19.1 Å². The smallest absolute Gasteiger partial charge is 0.341 e. The third kappa shape index (κ3) is 12.0. The van der Waals surface area contributed by atoms with E-state index in [-0.39, 0.29) is 41.6 Å². The molecule has 6 aromatic rings. The average Bonchev–Trinajstić information content (AvgIpc) is 3.96. The highest BCUT2D eigenvalue weighted by Crippen LogP contribution is 2.32. The number of aromatic carboxylic acids is 1. The van der Waals surface area contributed by atoms with Crippen LogP contribution in [-0.4, -0.2) is 58.5 Å². The van der Waals surface area contributed by atoms with Crippen molar-refractivity contribution in [2.24, 2.45) is 0 Å². The summed E-state index contributed by atoms with van der Waals surface area (Å²) in [6.45, 7) is 4.25. The van der Waals surface area contributed by atoms with Crippen LogP contribution in [0.5, 0.6) is 11.5 Å². The highest BCUT2D eigenvalue weighted by atomic mass is 19.1. The summed E-state index contributed by atoms with van der Waals surface area (Å²) in [5.41, 5.74) is 4.93. The summed E-state index contributed by atoms with van der Waals surface area (Å²) in [5, 5.41) is 9.50. The Morgan fingerprint density at radius 2 is 1.06 bits per heavy atom. The van der Waals surface area contributed by atoms with Crippen molar-refractivity contribution in [3.8, 4) is 34.4 Å². The zero-order valence-corrected chi connectivity index (χ0v) is 35.4. The van der Waals surface area contributed by atoms with Gasteiger partial charge in [-0.1, -0.05) is 24.3 Å². The molecule has 14 heteroatoms. The lowest BCUT2D eigenvalue weighted by atomic mass is 9.94. The van der Waals surface area contributed by atoms with E-state index in [0.717, 1.165) is 50.5 Å². The summed E-state index contributed by atoms with van der Waals surface area (Å²) in [6, 6.07) is 22.8. The van der Waals surface area contributed by atoms with Crippen LogP contribution in [0.3, 0.4) is 0 Å². The summed E-state index contributed by atoms with van der Waals surface area (Å²) in [5.74, 6) is -0.199. The van der Waals surface area contributed by atoms with Crippen molar-refractivity contribution in [1.29, 1.82) is 0 Å². The molecule has 0 spiro atoms. The van der Waals surface area contributed by atoms with Crippen molar-refractivity contribution in [2.45, 2.75) is 103 Å². The van der Waals surface area contributed by atoms with Gasteiger partial charge in [-0.2, -0.15) is 0 Å². The normalized spacial score (nSPS) is 18.5. The molecule has 1 N–H and O–H groups in total. The van der Waals surface area contributed by atoms with Gasteiger partial charge in [-0.15, -0.1) is 0 Å². The minimum Gasteiger partial charge on any atom is -0.489 e. The number of carbonyl (C=O) groups excluding carboxylic acids is 1. The molecule has 2 aromatic heterocycles. The molecular formula is C49H50F2N2O10. The molecule has 2 heterocycles. The van der Waals surface area contributed by atoms with E-state index in [4.69, 9.17) is 32.5 Å². The Balaban J connectivity index is 0.000000189. The van der Waals surface area contributed by atoms with Crippen LogP contribution in [-0.2, 0) is 27.4 Å². The lowest BCUT2D eigenvalue weighted by Crippen LogP contribution is -2.30. The third-order valence-corrected chi connectivity index (χ3v) is 11.0. The number of esters is 1. The van der Waals surface area contributed by atoms with Crippen molar-refractivity contribution in [3.63, 3.8) is 0 Å². The topological polar surface area (TPSA) is 153 Å². The SMILES string of the molecule is COC(=O)c1c(C)cccc1OC1CCCC(OCc2coc(-c3ccc(F)cc3)n2)C1.Cc1cccc(OC2CCCC(OCc3coc(-c4ccc(F)cc4)n3)C2)c1C(=O)O. The largest absolute Gasteiger partial charge is 0.489 e. The molecule has 330 valence electrons. The highest BCUT2D eigenvalue weighted by molar-refractivity contribution is 5.94. The number of hydrogen-bond donors (Lipinski definition) is 1. The number of methoxy groups -OCH3 is 1. The van der Waals surface area contributed by atoms with Crippen LogP contribution in [0, 0.1) is 25.5 Å². The van der Waals surface area contributed by atoms with Gasteiger partial charge in [-0.3, -0.25) is 0 Å². The molecule has 0 bridgehead atoms. The molecule has 4 atom stereocenters. The number of carbonyl (C=O) groups is 2. The van der Waals surface area contributed by atoms with Crippen molar-refractivity contribution in [1.82, 2.24) is 9.97 Å². The number of hydrogen-bond acceptors (Lipinski definition) is 11. The first-order chi connectivity index (χ1) is 30.5. The Morgan fingerprint density at radius 3 is 1.51 bits per heavy atom. The highest BCUT2D eigenvalue weighted by Gasteiger charge is 2.28. The van der Waals surface area contributed by atoms with Crippen molar-refractivity contribution >= 4 is 11.9 Å². The molecule has 2 saturated carbocycles. The van der Waals surface area contributed by atoms with Gasteiger partial charge in [0.1, 0.15) is 70.4 Å². The number of aromatic nitrogens is 2. The predicted molar refractivity (Wildman–Crippen MR) is 227 cm³/mol. The second-order valence-electron chi connectivity index (χ2n) is 15.7. The minimum atomic E-state index is -0.986. The Bertz CT molecular complexity index is 2450. The number of nitrogens with zero attached hydrogens (tertiary/aromatic N) is 2. The van der Waals surface area contributed by atoms with Crippen LogP contribution < -0.4 is 9.47 Å². The number of halogens is 2. The van der Waals surface area contributed by atoms with E-state index in [1.54, 1.807) is 68.0 Å². The maximum atomic E-state index is 13.1. The first-order valence-electron chi connectivity index (χ1n) is 21.0. The monoisotopic (exact) mass is 864 g/mol. The van der Waals surface area contributed by atoms with E-state index < -0.39 is 11.9 Å². The van der Waals surface area contributed by atoms with E-state index in [0.29, 0.717) is 76.6 Å². The van der Waals surface area contributed by atoms with Gasteiger partial charge in [-0.05, 0) is 124 Å². The maximum absolute atomic E-state index is 13.1. The Hall–Kier alpha value is -6.38. The second kappa shape index (κ2) is 21.1. The van der Waals surface area contributed by atoms with Crippen molar-refractivity contribution < 1.29 is 56.0 Å². The van der Waals surface area contributed by atoms with Crippen molar-refractivity contribution in [2.75, 3.05) is 7.11 Å². The van der Waals surface area contributed by atoms with Crippen LogP contribution >= 0.6 is 0 Å². The number of carboxylic acid groups (broad SMARTS) is 1. The summed E-state index contributed by atoms with van der Waals surface area (Å²) < 4.78 is 66.4. The Morgan fingerprint density at radius 1 is 0.635 bits per heavy atom. The quantitative estimate of drug-likeness (QED) is 0.104. The Kier molecular flexibility index (Phi) is 15.0. The van der Waals surface area contributed by atoms with Crippen molar-refractivity contribution in [3.05, 3.63) is 143 Å². The van der Waals surface area contributed by atoms with Crippen LogP contribution in [0.25, 0.3) is 22.9 Å². The number of rotatable bonds is 14. The van der Waals surface area contributed by atoms with Gasteiger partial charge in [0.2, 0.25) is 11.8 Å². The lowest BCUT2D eigenvalue weighted by molar-refractivity contribution is -0.0179. The molecular weight excluding hydrogens is 815 g/mol. The number of carboxylic acids is 1. The standard InChI is InChI=1S/C25H26FNO5.C24H24FNO5/c1-16-5-3-8-22(23(16)25(28)29-2)32-21-7-4-6-20(13-21)30-14-19-15-31-24(27-19)17-9-11-18(26)12-10-17;1-15-4-2-7-21(22(15)24(27)28)31-20-6-3-5-19(12-20)29-13-18-14-30-23(26-18)16-8-10-17(25)11-9-16/h3,5,8-12,15,20-21H,4,6-7,13-14H2,1-2H3;2,4,7-11,14,19-20H,3,5-6,12-13H2,1H3,(H,27,28). The van der Waals surface area contributed by atoms with Gasteiger partial charge in [0, 0.05) is 24.0 Å². The predicted octanol–water partition coefficient (Wildman–Crippen LogP) is 10.9. The van der Waals surface area contributed by atoms with Gasteiger partial charge < -0.3 is 37.6 Å². The Labute approximate surface area is 364 Å². The second-order valence-corrected chi connectivity index (χ2v) is 15.7. The molecule has 63 heavy (non-hydrogen) atoms. The zero-order valence-electron chi connectivity index (χ0n) is 35.4. The van der Waals surface area contributed by atoms with Gasteiger partial charge in [0.25, 0.3) is 0 Å². The number of ether oxygens (including phenoxy) is 5. The lowest BCUT2D eigenvalue weighted by Gasteiger charge is -2.30. The fourth-order valence-electron chi connectivity index (χ4n) is 7.80. The molecule has 4 aromatic carbocycles. The zero-order chi connectivity index (χ0) is 44.3. The van der Waals surface area contributed by atoms with Gasteiger partial charge in [0.05, 0.1) is 32.5 Å². The summed E-state index contributed by atoms with van der Waals surface area (Å²) in [4.78, 5) is 32.6. The molecule has 2 aliphatic rings. The molecule has 0 radical (unpaired) electrons. The summed E-state index contributed by atoms with van der Waals surface area (Å²) in [6.07, 6.45) is 9.84. The summed E-state index contributed by atoms with van der Waals surface area (Å²) in [7, 11) is 1.37. The molecule has 2 fully saturated rings. The fourth-order valence-corrected chi connectivity index (χ4v) is 7.80. The first-order valence-corrected chi connectivity index (χ1v) is 21.0. The number of benzene rings is 4. The number of oxazole rings is 2. The van der Waals surface area contributed by atoms with Crippen LogP contribution in [0.4, 0.5) is 8.78 Å². The number of aryl methyl sites for hydroxylation is 2.